The molecular weight excluding hydrogens is 382 g/mol. The van der Waals surface area contributed by atoms with Gasteiger partial charge in [-0.15, -0.1) is 0 Å². The zero-order chi connectivity index (χ0) is 19.8. The molecule has 0 radical (unpaired) electrons. The molecule has 1 aliphatic rings. The lowest BCUT2D eigenvalue weighted by Crippen LogP contribution is -2.17. The standard InChI is InChI=1S/C24H18ClN3O/c1-28(19-8-3-2-4-9-19)23-20-15-17-7-5-6-10-21(17)29-24(20)27-22(26-23)16-11-13-18(25)14-12-16/h2-14H,15H2,1H3. The lowest BCUT2D eigenvalue weighted by atomic mass is 10.0. The third-order valence-electron chi connectivity index (χ3n) is 5.06. The first-order valence-electron chi connectivity index (χ1n) is 9.40. The molecule has 4 aromatic rings. The van der Waals surface area contributed by atoms with E-state index in [1.54, 1.807) is 0 Å². The van der Waals surface area contributed by atoms with Gasteiger partial charge in [0.15, 0.2) is 5.82 Å². The number of nitrogens with zero attached hydrogens (tertiary/aromatic N) is 3. The van der Waals surface area contributed by atoms with Crippen LogP contribution >= 0.6 is 11.6 Å². The number of hydrogen-bond donors (Lipinski definition) is 0. The third-order valence-corrected chi connectivity index (χ3v) is 5.31. The van der Waals surface area contributed by atoms with Crippen molar-refractivity contribution in [3.05, 3.63) is 95.0 Å². The molecule has 4 nitrogen and oxygen atoms in total. The number of rotatable bonds is 3. The van der Waals surface area contributed by atoms with Crippen LogP contribution in [0.5, 0.6) is 11.6 Å². The number of ether oxygens (including phenoxy) is 1. The largest absolute Gasteiger partial charge is 0.438 e. The van der Waals surface area contributed by atoms with Crippen molar-refractivity contribution in [2.45, 2.75) is 6.42 Å². The molecule has 0 N–H and O–H groups in total. The zero-order valence-electron chi connectivity index (χ0n) is 15.8. The Morgan fingerprint density at radius 2 is 1.59 bits per heavy atom. The topological polar surface area (TPSA) is 38.2 Å². The van der Waals surface area contributed by atoms with Crippen molar-refractivity contribution in [1.82, 2.24) is 9.97 Å². The number of para-hydroxylation sites is 2. The van der Waals surface area contributed by atoms with Gasteiger partial charge >= 0.3 is 0 Å². The van der Waals surface area contributed by atoms with Gasteiger partial charge in [-0.3, -0.25) is 0 Å². The van der Waals surface area contributed by atoms with Gasteiger partial charge in [0.1, 0.15) is 11.6 Å². The molecule has 2 heterocycles. The minimum Gasteiger partial charge on any atom is -0.438 e. The molecule has 0 atom stereocenters. The summed E-state index contributed by atoms with van der Waals surface area (Å²) in [6.07, 6.45) is 0.721. The highest BCUT2D eigenvalue weighted by atomic mass is 35.5. The van der Waals surface area contributed by atoms with Gasteiger partial charge in [-0.1, -0.05) is 48.0 Å². The smallest absolute Gasteiger partial charge is 0.228 e. The summed E-state index contributed by atoms with van der Waals surface area (Å²) in [5.41, 5.74) is 4.05. The van der Waals surface area contributed by atoms with Gasteiger partial charge in [0, 0.05) is 29.7 Å². The lowest BCUT2D eigenvalue weighted by Gasteiger charge is -2.26. The van der Waals surface area contributed by atoms with Crippen LogP contribution in [0.3, 0.4) is 0 Å². The van der Waals surface area contributed by atoms with Crippen molar-refractivity contribution in [2.24, 2.45) is 0 Å². The average molecular weight is 400 g/mol. The fourth-order valence-corrected chi connectivity index (χ4v) is 3.64. The maximum atomic E-state index is 6.19. The highest BCUT2D eigenvalue weighted by Gasteiger charge is 2.25. The quantitative estimate of drug-likeness (QED) is 0.359. The van der Waals surface area contributed by atoms with E-state index in [1.807, 2.05) is 67.7 Å². The van der Waals surface area contributed by atoms with Crippen molar-refractivity contribution < 1.29 is 4.74 Å². The summed E-state index contributed by atoms with van der Waals surface area (Å²) in [7, 11) is 2.02. The van der Waals surface area contributed by atoms with E-state index in [0.717, 1.165) is 40.4 Å². The molecule has 0 spiro atoms. The number of anilines is 2. The average Bonchev–Trinajstić information content (AvgIpc) is 2.77. The minimum atomic E-state index is 0.599. The second-order valence-electron chi connectivity index (χ2n) is 6.94. The molecule has 0 fully saturated rings. The molecule has 142 valence electrons. The molecule has 0 amide bonds. The van der Waals surface area contributed by atoms with E-state index in [4.69, 9.17) is 26.3 Å². The van der Waals surface area contributed by atoms with E-state index in [1.165, 1.54) is 0 Å². The SMILES string of the molecule is CN(c1ccccc1)c1nc(-c2ccc(Cl)cc2)nc2c1Cc1ccccc1O2. The van der Waals surface area contributed by atoms with Gasteiger partial charge in [0.2, 0.25) is 5.88 Å². The second kappa shape index (κ2) is 7.22. The monoisotopic (exact) mass is 399 g/mol. The minimum absolute atomic E-state index is 0.599. The maximum Gasteiger partial charge on any atom is 0.228 e. The molecule has 0 saturated carbocycles. The van der Waals surface area contributed by atoms with Crippen LogP contribution in [0.2, 0.25) is 5.02 Å². The molecule has 29 heavy (non-hydrogen) atoms. The summed E-state index contributed by atoms with van der Waals surface area (Å²) < 4.78 is 6.19. The first kappa shape index (κ1) is 17.7. The van der Waals surface area contributed by atoms with Gasteiger partial charge in [-0.2, -0.15) is 4.98 Å². The number of benzene rings is 3. The van der Waals surface area contributed by atoms with Crippen LogP contribution < -0.4 is 9.64 Å². The van der Waals surface area contributed by atoms with Gasteiger partial charge < -0.3 is 9.64 Å². The van der Waals surface area contributed by atoms with Crippen molar-refractivity contribution in [3.8, 4) is 23.0 Å². The first-order chi connectivity index (χ1) is 14.2. The van der Waals surface area contributed by atoms with Crippen molar-refractivity contribution in [2.75, 3.05) is 11.9 Å². The van der Waals surface area contributed by atoms with E-state index < -0.39 is 0 Å². The summed E-state index contributed by atoms with van der Waals surface area (Å²) in [4.78, 5) is 11.8. The molecule has 1 aliphatic heterocycles. The molecule has 3 aromatic carbocycles. The van der Waals surface area contributed by atoms with Crippen LogP contribution in [0.25, 0.3) is 11.4 Å². The summed E-state index contributed by atoms with van der Waals surface area (Å²) in [5.74, 6) is 2.88. The van der Waals surface area contributed by atoms with E-state index >= 15 is 0 Å². The van der Waals surface area contributed by atoms with E-state index in [-0.39, 0.29) is 0 Å². The number of hydrogen-bond acceptors (Lipinski definition) is 4. The number of halogens is 1. The van der Waals surface area contributed by atoms with Gasteiger partial charge in [-0.05, 0) is 48.0 Å². The van der Waals surface area contributed by atoms with Crippen LogP contribution in [0, 0.1) is 0 Å². The fraction of sp³-hybridized carbons (Fsp3) is 0.0833. The Labute approximate surface area is 174 Å². The Hall–Kier alpha value is -3.37. The van der Waals surface area contributed by atoms with Crippen LogP contribution in [0.1, 0.15) is 11.1 Å². The van der Waals surface area contributed by atoms with E-state index in [2.05, 4.69) is 23.1 Å². The summed E-state index contributed by atoms with van der Waals surface area (Å²) in [6, 6.07) is 25.8. The molecule has 5 rings (SSSR count). The third kappa shape index (κ3) is 3.32. The molecule has 0 bridgehead atoms. The van der Waals surface area contributed by atoms with E-state index in [0.29, 0.717) is 16.7 Å². The maximum absolute atomic E-state index is 6.19. The number of fused-ring (bicyclic) bond motifs is 2. The highest BCUT2D eigenvalue weighted by molar-refractivity contribution is 6.30. The second-order valence-corrected chi connectivity index (χ2v) is 7.38. The summed E-state index contributed by atoms with van der Waals surface area (Å²) in [6.45, 7) is 0. The Morgan fingerprint density at radius 3 is 2.38 bits per heavy atom. The van der Waals surface area contributed by atoms with Crippen LogP contribution in [-0.4, -0.2) is 17.0 Å². The highest BCUT2D eigenvalue weighted by Crippen LogP contribution is 2.41. The molecule has 0 saturated heterocycles. The number of aromatic nitrogens is 2. The molecule has 1 aromatic heterocycles. The lowest BCUT2D eigenvalue weighted by molar-refractivity contribution is 0.440. The van der Waals surface area contributed by atoms with Crippen molar-refractivity contribution in [1.29, 1.82) is 0 Å². The Balaban J connectivity index is 1.68. The molecule has 5 heteroatoms. The predicted octanol–water partition coefficient (Wildman–Crippen LogP) is 6.26. The summed E-state index contributed by atoms with van der Waals surface area (Å²) >= 11 is 6.06. The van der Waals surface area contributed by atoms with Crippen molar-refractivity contribution >= 4 is 23.1 Å². The molecule has 0 aliphatic carbocycles. The van der Waals surface area contributed by atoms with Crippen LogP contribution in [0.4, 0.5) is 11.5 Å². The molecular formula is C24H18ClN3O. The van der Waals surface area contributed by atoms with Gasteiger partial charge in [0.05, 0.1) is 5.56 Å². The first-order valence-corrected chi connectivity index (χ1v) is 9.78. The predicted molar refractivity (Wildman–Crippen MR) is 116 cm³/mol. The normalized spacial score (nSPS) is 11.9. The van der Waals surface area contributed by atoms with E-state index in [9.17, 15) is 0 Å². The Bertz CT molecular complexity index is 1180. The van der Waals surface area contributed by atoms with Crippen LogP contribution in [-0.2, 0) is 6.42 Å². The van der Waals surface area contributed by atoms with Gasteiger partial charge in [-0.25, -0.2) is 4.98 Å². The Kier molecular flexibility index (Phi) is 4.41. The molecule has 0 unspecified atom stereocenters. The summed E-state index contributed by atoms with van der Waals surface area (Å²) in [5, 5.41) is 0.679. The van der Waals surface area contributed by atoms with Crippen LogP contribution in [0.15, 0.2) is 78.9 Å². The Morgan fingerprint density at radius 1 is 0.862 bits per heavy atom. The van der Waals surface area contributed by atoms with Crippen molar-refractivity contribution in [3.63, 3.8) is 0 Å². The van der Waals surface area contributed by atoms with Gasteiger partial charge in [0.25, 0.3) is 0 Å². The fourth-order valence-electron chi connectivity index (χ4n) is 3.51. The zero-order valence-corrected chi connectivity index (χ0v) is 16.6.